The van der Waals surface area contributed by atoms with Crippen molar-refractivity contribution in [1.82, 2.24) is 20.3 Å². The molecule has 0 atom stereocenters. The van der Waals surface area contributed by atoms with Crippen LogP contribution in [-0.4, -0.2) is 50.0 Å². The summed E-state index contributed by atoms with van der Waals surface area (Å²) in [7, 11) is 0. The highest BCUT2D eigenvalue weighted by atomic mass is 32.2. The van der Waals surface area contributed by atoms with Crippen molar-refractivity contribution in [2.45, 2.75) is 13.0 Å². The summed E-state index contributed by atoms with van der Waals surface area (Å²) < 4.78 is 1.69. The van der Waals surface area contributed by atoms with E-state index >= 15 is 0 Å². The lowest BCUT2D eigenvalue weighted by Gasteiger charge is -2.04. The Morgan fingerprint density at radius 3 is 2.88 bits per heavy atom. The zero-order valence-corrected chi connectivity index (χ0v) is 10.0. The van der Waals surface area contributed by atoms with E-state index < -0.39 is 5.97 Å². The molecule has 0 radical (unpaired) electrons. The van der Waals surface area contributed by atoms with Crippen molar-refractivity contribution in [3.63, 3.8) is 0 Å². The first-order valence-corrected chi connectivity index (χ1v) is 6.24. The molecule has 0 saturated carbocycles. The van der Waals surface area contributed by atoms with Gasteiger partial charge in [-0.15, -0.1) is 16.9 Å². The van der Waals surface area contributed by atoms with E-state index in [0.29, 0.717) is 13.1 Å². The Hall–Kier alpha value is -1.57. The van der Waals surface area contributed by atoms with Gasteiger partial charge < -0.3 is 10.4 Å². The maximum absolute atomic E-state index is 11.2. The number of aryl methyl sites for hydroxylation is 1. The minimum atomic E-state index is -0.908. The van der Waals surface area contributed by atoms with Crippen molar-refractivity contribution in [3.8, 4) is 0 Å². The van der Waals surface area contributed by atoms with E-state index in [1.807, 2.05) is 0 Å². The molecule has 17 heavy (non-hydrogen) atoms. The van der Waals surface area contributed by atoms with Crippen LogP contribution in [0.15, 0.2) is 12.4 Å². The number of aliphatic carboxylic acids is 1. The van der Waals surface area contributed by atoms with Crippen LogP contribution in [0.4, 0.5) is 0 Å². The van der Waals surface area contributed by atoms with Gasteiger partial charge in [0.05, 0.1) is 17.7 Å². The number of hydrogen-bond donors (Lipinski definition) is 2. The molecule has 1 aromatic rings. The molecule has 0 aliphatic carbocycles. The molecule has 94 valence electrons. The molecule has 0 aromatic carbocycles. The largest absolute Gasteiger partial charge is 0.481 e. The molecule has 1 amide bonds. The van der Waals surface area contributed by atoms with E-state index in [4.69, 9.17) is 5.11 Å². The Morgan fingerprint density at radius 1 is 1.41 bits per heavy atom. The van der Waals surface area contributed by atoms with E-state index in [9.17, 15) is 9.59 Å². The van der Waals surface area contributed by atoms with Crippen LogP contribution in [0.3, 0.4) is 0 Å². The molecule has 0 aliphatic rings. The third kappa shape index (κ3) is 6.56. The number of nitrogens with zero attached hydrogens (tertiary/aromatic N) is 3. The highest BCUT2D eigenvalue weighted by molar-refractivity contribution is 8.00. The van der Waals surface area contributed by atoms with Crippen molar-refractivity contribution < 1.29 is 14.7 Å². The fourth-order valence-corrected chi connectivity index (χ4v) is 1.67. The molecule has 0 spiro atoms. The molecule has 0 aliphatic heterocycles. The number of carbonyl (C=O) groups excluding carboxylic acids is 1. The van der Waals surface area contributed by atoms with E-state index in [1.54, 1.807) is 17.1 Å². The van der Waals surface area contributed by atoms with Crippen molar-refractivity contribution in [2.75, 3.05) is 18.1 Å². The van der Waals surface area contributed by atoms with Crippen molar-refractivity contribution in [1.29, 1.82) is 0 Å². The van der Waals surface area contributed by atoms with Crippen LogP contribution in [0.1, 0.15) is 6.42 Å². The molecule has 1 heterocycles. The van der Waals surface area contributed by atoms with Crippen LogP contribution in [0.5, 0.6) is 0 Å². The van der Waals surface area contributed by atoms with Gasteiger partial charge in [-0.05, 0) is 6.42 Å². The second-order valence-electron chi connectivity index (χ2n) is 3.26. The van der Waals surface area contributed by atoms with Crippen LogP contribution in [-0.2, 0) is 16.1 Å². The van der Waals surface area contributed by atoms with Gasteiger partial charge in [0.1, 0.15) is 0 Å². The lowest BCUT2D eigenvalue weighted by Crippen LogP contribution is -2.27. The number of amides is 1. The standard InChI is InChI=1S/C9H14N4O3S/c14-8(6-17-7-9(15)16)10-2-1-4-13-5-3-11-12-13/h3,5H,1-2,4,6-7H2,(H,10,14)(H,15,16). The van der Waals surface area contributed by atoms with Gasteiger partial charge in [-0.1, -0.05) is 5.21 Å². The number of nitrogens with one attached hydrogen (secondary N) is 1. The first-order chi connectivity index (χ1) is 8.18. The minimum absolute atomic E-state index is 0.0492. The second kappa shape index (κ2) is 7.66. The zero-order valence-electron chi connectivity index (χ0n) is 9.20. The number of hydrogen-bond acceptors (Lipinski definition) is 5. The van der Waals surface area contributed by atoms with E-state index in [2.05, 4.69) is 15.6 Å². The van der Waals surface area contributed by atoms with Crippen LogP contribution in [0, 0.1) is 0 Å². The Labute approximate surface area is 103 Å². The molecule has 2 N–H and O–H groups in total. The zero-order chi connectivity index (χ0) is 12.5. The summed E-state index contributed by atoms with van der Waals surface area (Å²) in [5.41, 5.74) is 0. The average Bonchev–Trinajstić information content (AvgIpc) is 2.76. The van der Waals surface area contributed by atoms with Gasteiger partial charge in [-0.3, -0.25) is 14.3 Å². The molecule has 8 heteroatoms. The van der Waals surface area contributed by atoms with Gasteiger partial charge in [-0.25, -0.2) is 0 Å². The number of carboxylic acids is 1. The van der Waals surface area contributed by atoms with Gasteiger partial charge in [0.15, 0.2) is 0 Å². The lowest BCUT2D eigenvalue weighted by molar-refractivity contribution is -0.133. The predicted molar refractivity (Wildman–Crippen MR) is 62.6 cm³/mol. The summed E-state index contributed by atoms with van der Waals surface area (Å²) in [6.45, 7) is 1.24. The molecule has 0 saturated heterocycles. The molecule has 0 fully saturated rings. The smallest absolute Gasteiger partial charge is 0.313 e. The highest BCUT2D eigenvalue weighted by Crippen LogP contribution is 1.98. The summed E-state index contributed by atoms with van der Waals surface area (Å²) in [5, 5.41) is 18.5. The molecule has 0 unspecified atom stereocenters. The highest BCUT2D eigenvalue weighted by Gasteiger charge is 2.03. The average molecular weight is 258 g/mol. The lowest BCUT2D eigenvalue weighted by atomic mass is 10.4. The topological polar surface area (TPSA) is 97.1 Å². The predicted octanol–water partition coefficient (Wildman–Crippen LogP) is -0.398. The fraction of sp³-hybridized carbons (Fsp3) is 0.556. The summed E-state index contributed by atoms with van der Waals surface area (Å²) in [4.78, 5) is 21.4. The Bertz CT molecular complexity index is 355. The van der Waals surface area contributed by atoms with Gasteiger partial charge >= 0.3 is 5.97 Å². The molecule has 1 rings (SSSR count). The normalized spacial score (nSPS) is 10.1. The Balaban J connectivity index is 1.98. The maximum Gasteiger partial charge on any atom is 0.313 e. The summed E-state index contributed by atoms with van der Waals surface area (Å²) in [6, 6.07) is 0. The Morgan fingerprint density at radius 2 is 2.24 bits per heavy atom. The third-order valence-corrected chi connectivity index (χ3v) is 2.73. The van der Waals surface area contributed by atoms with Crippen LogP contribution >= 0.6 is 11.8 Å². The molecular weight excluding hydrogens is 244 g/mol. The van der Waals surface area contributed by atoms with Gasteiger partial charge in [0, 0.05) is 19.3 Å². The number of rotatable bonds is 8. The summed E-state index contributed by atoms with van der Waals surface area (Å²) in [5.74, 6) is -0.925. The monoisotopic (exact) mass is 258 g/mol. The van der Waals surface area contributed by atoms with Crippen molar-refractivity contribution in [2.24, 2.45) is 0 Å². The fourth-order valence-electron chi connectivity index (χ4n) is 1.10. The van der Waals surface area contributed by atoms with Crippen LogP contribution in [0.25, 0.3) is 0 Å². The van der Waals surface area contributed by atoms with E-state index in [-0.39, 0.29) is 17.4 Å². The third-order valence-electron chi connectivity index (χ3n) is 1.82. The number of carboxylic acid groups (broad SMARTS) is 1. The minimum Gasteiger partial charge on any atom is -0.481 e. The number of carbonyl (C=O) groups is 2. The second-order valence-corrected chi connectivity index (χ2v) is 4.24. The maximum atomic E-state index is 11.2. The van der Waals surface area contributed by atoms with Crippen LogP contribution < -0.4 is 5.32 Å². The van der Waals surface area contributed by atoms with Gasteiger partial charge in [-0.2, -0.15) is 0 Å². The van der Waals surface area contributed by atoms with Gasteiger partial charge in [0.2, 0.25) is 5.91 Å². The van der Waals surface area contributed by atoms with Gasteiger partial charge in [0.25, 0.3) is 0 Å². The number of aromatic nitrogens is 3. The molecule has 7 nitrogen and oxygen atoms in total. The first kappa shape index (κ1) is 13.5. The molecule has 0 bridgehead atoms. The Kier molecular flexibility index (Phi) is 6.08. The summed E-state index contributed by atoms with van der Waals surface area (Å²) >= 11 is 1.09. The first-order valence-electron chi connectivity index (χ1n) is 5.09. The van der Waals surface area contributed by atoms with Crippen molar-refractivity contribution in [3.05, 3.63) is 12.4 Å². The number of thioether (sulfide) groups is 1. The van der Waals surface area contributed by atoms with E-state index in [0.717, 1.165) is 18.2 Å². The van der Waals surface area contributed by atoms with Crippen molar-refractivity contribution >= 4 is 23.6 Å². The quantitative estimate of drug-likeness (QED) is 0.616. The molecular formula is C9H14N4O3S. The molecule has 1 aromatic heterocycles. The van der Waals surface area contributed by atoms with Crippen LogP contribution in [0.2, 0.25) is 0 Å². The van der Waals surface area contributed by atoms with E-state index in [1.165, 1.54) is 0 Å². The summed E-state index contributed by atoms with van der Waals surface area (Å²) in [6.07, 6.45) is 4.12. The SMILES string of the molecule is O=C(O)CSCC(=O)NCCCn1ccnn1.